The Morgan fingerprint density at radius 1 is 1.19 bits per heavy atom. The van der Waals surface area contributed by atoms with E-state index < -0.39 is 5.60 Å². The Morgan fingerprint density at radius 2 is 2.00 bits per heavy atom. The van der Waals surface area contributed by atoms with Crippen LogP contribution in [0.15, 0.2) is 41.8 Å². The number of ether oxygens (including phenoxy) is 2. The Morgan fingerprint density at radius 3 is 2.74 bits per heavy atom. The van der Waals surface area contributed by atoms with Crippen molar-refractivity contribution in [2.24, 2.45) is 0 Å². The Balaban J connectivity index is 1.57. The van der Waals surface area contributed by atoms with E-state index in [4.69, 9.17) is 9.47 Å². The summed E-state index contributed by atoms with van der Waals surface area (Å²) in [5.74, 6) is -0.629. The SMILES string of the molecule is O=C(c1cccs1)N1CCOC[C@@]2(C1)CN(c1ccc(F)cc1)C(=O)CO2. The van der Waals surface area contributed by atoms with Gasteiger partial charge in [-0.2, -0.15) is 0 Å². The van der Waals surface area contributed by atoms with Gasteiger partial charge in [0.1, 0.15) is 18.0 Å². The van der Waals surface area contributed by atoms with Gasteiger partial charge in [0.25, 0.3) is 11.8 Å². The zero-order valence-electron chi connectivity index (χ0n) is 14.6. The molecular formula is C19H19FN2O4S. The molecule has 0 unspecified atom stereocenters. The topological polar surface area (TPSA) is 59.1 Å². The largest absolute Gasteiger partial charge is 0.376 e. The molecule has 2 fully saturated rings. The van der Waals surface area contributed by atoms with Crippen molar-refractivity contribution in [3.63, 3.8) is 0 Å². The summed E-state index contributed by atoms with van der Waals surface area (Å²) in [4.78, 5) is 29.1. The number of hydrogen-bond donors (Lipinski definition) is 0. The van der Waals surface area contributed by atoms with Crippen molar-refractivity contribution in [2.45, 2.75) is 5.60 Å². The van der Waals surface area contributed by atoms with Crippen molar-refractivity contribution in [1.29, 1.82) is 0 Å². The van der Waals surface area contributed by atoms with E-state index in [9.17, 15) is 14.0 Å². The number of amides is 2. The maximum absolute atomic E-state index is 13.2. The van der Waals surface area contributed by atoms with Crippen LogP contribution in [-0.4, -0.2) is 61.8 Å². The molecule has 0 N–H and O–H groups in total. The Kier molecular flexibility index (Phi) is 4.94. The zero-order valence-corrected chi connectivity index (χ0v) is 15.4. The molecule has 8 heteroatoms. The van der Waals surface area contributed by atoms with Gasteiger partial charge in [-0.05, 0) is 35.7 Å². The fourth-order valence-electron chi connectivity index (χ4n) is 3.39. The van der Waals surface area contributed by atoms with Gasteiger partial charge in [-0.15, -0.1) is 11.3 Å². The molecule has 1 spiro atoms. The number of benzene rings is 1. The molecule has 3 heterocycles. The van der Waals surface area contributed by atoms with E-state index in [-0.39, 0.29) is 37.4 Å². The Bertz CT molecular complexity index is 827. The van der Waals surface area contributed by atoms with Gasteiger partial charge in [-0.25, -0.2) is 4.39 Å². The van der Waals surface area contributed by atoms with Crippen LogP contribution >= 0.6 is 11.3 Å². The first-order valence-electron chi connectivity index (χ1n) is 8.67. The second-order valence-corrected chi connectivity index (χ2v) is 7.63. The number of carbonyl (C=O) groups is 2. The molecule has 4 rings (SSSR count). The Labute approximate surface area is 160 Å². The predicted octanol–water partition coefficient (Wildman–Crippen LogP) is 2.16. The number of nitrogens with zero attached hydrogens (tertiary/aromatic N) is 2. The van der Waals surface area contributed by atoms with Gasteiger partial charge in [-0.3, -0.25) is 9.59 Å². The quantitative estimate of drug-likeness (QED) is 0.789. The molecule has 1 aromatic carbocycles. The second kappa shape index (κ2) is 7.38. The highest BCUT2D eigenvalue weighted by atomic mass is 32.1. The van der Waals surface area contributed by atoms with Crippen molar-refractivity contribution in [2.75, 3.05) is 44.4 Å². The molecule has 6 nitrogen and oxygen atoms in total. The highest BCUT2D eigenvalue weighted by molar-refractivity contribution is 7.12. The first-order chi connectivity index (χ1) is 13.1. The third-order valence-corrected chi connectivity index (χ3v) is 5.61. The molecular weight excluding hydrogens is 371 g/mol. The number of morpholine rings is 1. The lowest BCUT2D eigenvalue weighted by atomic mass is 10.0. The average molecular weight is 390 g/mol. The van der Waals surface area contributed by atoms with Crippen molar-refractivity contribution in [3.8, 4) is 0 Å². The number of rotatable bonds is 2. The van der Waals surface area contributed by atoms with Crippen LogP contribution in [0.1, 0.15) is 9.67 Å². The van der Waals surface area contributed by atoms with Gasteiger partial charge in [0.15, 0.2) is 0 Å². The number of halogens is 1. The van der Waals surface area contributed by atoms with E-state index in [0.717, 1.165) is 0 Å². The lowest BCUT2D eigenvalue weighted by Crippen LogP contribution is -2.61. The van der Waals surface area contributed by atoms with E-state index in [2.05, 4.69) is 0 Å². The third-order valence-electron chi connectivity index (χ3n) is 4.76. The third kappa shape index (κ3) is 3.73. The van der Waals surface area contributed by atoms with Gasteiger partial charge in [0, 0.05) is 12.2 Å². The summed E-state index contributed by atoms with van der Waals surface area (Å²) >= 11 is 1.39. The van der Waals surface area contributed by atoms with E-state index in [1.54, 1.807) is 28.0 Å². The van der Waals surface area contributed by atoms with Gasteiger partial charge >= 0.3 is 0 Å². The minimum absolute atomic E-state index is 0.0660. The summed E-state index contributed by atoms with van der Waals surface area (Å²) in [6.07, 6.45) is 0. The van der Waals surface area contributed by atoms with Crippen molar-refractivity contribution in [3.05, 3.63) is 52.5 Å². The maximum Gasteiger partial charge on any atom is 0.264 e. The standard InChI is InChI=1S/C19H19FN2O4S/c20-14-3-5-15(6-4-14)22-12-19(26-10-17(22)23)11-21(7-8-25-13-19)18(24)16-2-1-9-27-16/h1-6,9H,7-8,10-13H2/t19-/m1/s1. The van der Waals surface area contributed by atoms with Crippen LogP contribution in [-0.2, 0) is 14.3 Å². The summed E-state index contributed by atoms with van der Waals surface area (Å²) in [5.41, 5.74) is -0.212. The predicted molar refractivity (Wildman–Crippen MR) is 98.5 cm³/mol. The molecule has 2 amide bonds. The van der Waals surface area contributed by atoms with Gasteiger partial charge in [0.2, 0.25) is 0 Å². The minimum atomic E-state index is -0.814. The highest BCUT2D eigenvalue weighted by Crippen LogP contribution is 2.28. The molecule has 0 radical (unpaired) electrons. The summed E-state index contributed by atoms with van der Waals surface area (Å²) in [5, 5.41) is 1.86. The maximum atomic E-state index is 13.2. The molecule has 142 valence electrons. The molecule has 0 saturated carbocycles. The first-order valence-corrected chi connectivity index (χ1v) is 9.55. The minimum Gasteiger partial charge on any atom is -0.376 e. The second-order valence-electron chi connectivity index (χ2n) is 6.68. The van der Waals surface area contributed by atoms with E-state index in [1.165, 1.54) is 23.5 Å². The summed E-state index contributed by atoms with van der Waals surface area (Å²) < 4.78 is 24.8. The van der Waals surface area contributed by atoms with Crippen LogP contribution in [0.4, 0.5) is 10.1 Å². The van der Waals surface area contributed by atoms with Gasteiger partial charge in [-0.1, -0.05) is 6.07 Å². The van der Waals surface area contributed by atoms with Crippen LogP contribution in [0.25, 0.3) is 0 Å². The number of anilines is 1. The number of thiophene rings is 1. The summed E-state index contributed by atoms with van der Waals surface area (Å²) in [6, 6.07) is 9.41. The number of carbonyl (C=O) groups excluding carboxylic acids is 2. The fraction of sp³-hybridized carbons (Fsp3) is 0.368. The summed E-state index contributed by atoms with van der Waals surface area (Å²) in [6.45, 7) is 1.62. The van der Waals surface area contributed by atoms with E-state index in [0.29, 0.717) is 30.3 Å². The smallest absolute Gasteiger partial charge is 0.264 e. The number of hydrogen-bond acceptors (Lipinski definition) is 5. The van der Waals surface area contributed by atoms with Crippen LogP contribution in [0, 0.1) is 5.82 Å². The normalized spacial score (nSPS) is 23.5. The van der Waals surface area contributed by atoms with Crippen molar-refractivity contribution in [1.82, 2.24) is 4.90 Å². The van der Waals surface area contributed by atoms with E-state index >= 15 is 0 Å². The molecule has 27 heavy (non-hydrogen) atoms. The van der Waals surface area contributed by atoms with Crippen LogP contribution in [0.5, 0.6) is 0 Å². The van der Waals surface area contributed by atoms with E-state index in [1.807, 2.05) is 11.4 Å². The molecule has 2 saturated heterocycles. The van der Waals surface area contributed by atoms with Crippen LogP contribution < -0.4 is 4.90 Å². The highest BCUT2D eigenvalue weighted by Gasteiger charge is 2.44. The van der Waals surface area contributed by atoms with Crippen molar-refractivity contribution < 1.29 is 23.5 Å². The van der Waals surface area contributed by atoms with Gasteiger partial charge in [0.05, 0.1) is 31.2 Å². The lowest BCUT2D eigenvalue weighted by molar-refractivity contribution is -0.145. The fourth-order valence-corrected chi connectivity index (χ4v) is 4.08. The zero-order chi connectivity index (χ0) is 18.9. The summed E-state index contributed by atoms with van der Waals surface area (Å²) in [7, 11) is 0. The molecule has 1 aromatic heterocycles. The van der Waals surface area contributed by atoms with Crippen LogP contribution in [0.3, 0.4) is 0 Å². The molecule has 0 aliphatic carbocycles. The molecule has 2 aliphatic rings. The lowest BCUT2D eigenvalue weighted by Gasteiger charge is -2.42. The Hall–Kier alpha value is -2.29. The van der Waals surface area contributed by atoms with Crippen LogP contribution in [0.2, 0.25) is 0 Å². The van der Waals surface area contributed by atoms with Crippen molar-refractivity contribution >= 4 is 28.8 Å². The molecule has 0 bridgehead atoms. The average Bonchev–Trinajstić information content (AvgIpc) is 3.13. The molecule has 2 aliphatic heterocycles. The molecule has 1 atom stereocenters. The first kappa shape index (κ1) is 18.1. The van der Waals surface area contributed by atoms with Gasteiger partial charge < -0.3 is 19.3 Å². The monoisotopic (exact) mass is 390 g/mol. The molecule has 2 aromatic rings.